The van der Waals surface area contributed by atoms with Gasteiger partial charge in [-0.05, 0) is 11.1 Å². The smallest absolute Gasteiger partial charge is 0.0702 e. The van der Waals surface area contributed by atoms with Crippen LogP contribution in [0.25, 0.3) is 0 Å². The number of rotatable bonds is 2. The zero-order chi connectivity index (χ0) is 13.4. The highest BCUT2D eigenvalue weighted by atomic mass is 16.3. The first kappa shape index (κ1) is 12.2. The maximum atomic E-state index is 9.51. The fraction of sp³-hybridized carbons (Fsp3) is 0.250. The molecule has 19 heavy (non-hydrogen) atoms. The van der Waals surface area contributed by atoms with Gasteiger partial charge in [0.2, 0.25) is 0 Å². The summed E-state index contributed by atoms with van der Waals surface area (Å²) in [4.78, 5) is 2.09. The summed E-state index contributed by atoms with van der Waals surface area (Å²) in [5.74, 6) is 0. The van der Waals surface area contributed by atoms with Crippen molar-refractivity contribution in [2.24, 2.45) is 0 Å². The van der Waals surface area contributed by atoms with Gasteiger partial charge in [-0.2, -0.15) is 0 Å². The Morgan fingerprint density at radius 2 is 1.37 bits per heavy atom. The Morgan fingerprint density at radius 1 is 0.895 bits per heavy atom. The summed E-state index contributed by atoms with van der Waals surface area (Å²) in [7, 11) is 2.00. The second-order valence-electron chi connectivity index (χ2n) is 4.90. The van der Waals surface area contributed by atoms with Gasteiger partial charge in [-0.3, -0.25) is 0 Å². The normalized spacial score (nSPS) is 13.1. The molecular weight excluding hydrogens is 238 g/mol. The minimum Gasteiger partial charge on any atom is -0.392 e. The molecule has 0 saturated carbocycles. The van der Waals surface area contributed by atoms with Gasteiger partial charge < -0.3 is 15.1 Å². The van der Waals surface area contributed by atoms with Crippen LogP contribution in [0.5, 0.6) is 0 Å². The van der Waals surface area contributed by atoms with E-state index in [1.807, 2.05) is 31.3 Å². The summed E-state index contributed by atoms with van der Waals surface area (Å²) >= 11 is 0. The predicted octanol–water partition coefficient (Wildman–Crippen LogP) is 2.34. The lowest BCUT2D eigenvalue weighted by Gasteiger charge is -2.33. The summed E-state index contributed by atoms with van der Waals surface area (Å²) in [6.07, 6.45) is 0.844. The molecule has 3 heteroatoms. The highest BCUT2D eigenvalue weighted by molar-refractivity contribution is 5.78. The van der Waals surface area contributed by atoms with E-state index >= 15 is 0 Å². The highest BCUT2D eigenvalue weighted by Gasteiger charge is 2.23. The Hall–Kier alpha value is -1.84. The van der Waals surface area contributed by atoms with Crippen molar-refractivity contribution in [3.63, 3.8) is 0 Å². The van der Waals surface area contributed by atoms with E-state index in [4.69, 9.17) is 0 Å². The van der Waals surface area contributed by atoms with Crippen LogP contribution in [0.3, 0.4) is 0 Å². The summed E-state index contributed by atoms with van der Waals surface area (Å²) in [6.45, 7) is 0.0638. The highest BCUT2D eigenvalue weighted by Crippen LogP contribution is 2.41. The van der Waals surface area contributed by atoms with Gasteiger partial charge in [-0.25, -0.2) is 0 Å². The van der Waals surface area contributed by atoms with Crippen molar-refractivity contribution in [3.8, 4) is 0 Å². The maximum absolute atomic E-state index is 9.51. The molecule has 0 atom stereocenters. The molecule has 0 spiro atoms. The molecule has 3 rings (SSSR count). The average molecular weight is 255 g/mol. The Bertz CT molecular complexity index is 569. The van der Waals surface area contributed by atoms with Crippen LogP contribution in [0.2, 0.25) is 0 Å². The molecule has 2 aromatic rings. The lowest BCUT2D eigenvalue weighted by molar-refractivity contribution is 0.281. The van der Waals surface area contributed by atoms with Gasteiger partial charge >= 0.3 is 0 Å². The summed E-state index contributed by atoms with van der Waals surface area (Å²) < 4.78 is 0. The molecule has 0 saturated heterocycles. The van der Waals surface area contributed by atoms with Crippen LogP contribution in [-0.4, -0.2) is 17.3 Å². The number of hydrogen-bond acceptors (Lipinski definition) is 3. The van der Waals surface area contributed by atoms with E-state index in [-0.39, 0.29) is 13.2 Å². The molecule has 98 valence electrons. The number of anilines is 2. The number of fused-ring (bicyclic) bond motifs is 2. The lowest BCUT2D eigenvalue weighted by Crippen LogP contribution is -2.22. The molecular formula is C16H17NO2. The van der Waals surface area contributed by atoms with E-state index in [9.17, 15) is 10.2 Å². The van der Waals surface area contributed by atoms with E-state index in [1.165, 1.54) is 11.1 Å². The summed E-state index contributed by atoms with van der Waals surface area (Å²) in [6, 6.07) is 12.1. The standard InChI is InChI=1S/C16H17NO2/c1-17-15-11(4-2-6-13(15)9-18)8-12-5-3-7-14(10-19)16(12)17/h2-7,18-19H,8-10H2,1H3. The molecule has 2 N–H and O–H groups in total. The van der Waals surface area contributed by atoms with E-state index in [1.54, 1.807) is 0 Å². The molecule has 0 fully saturated rings. The topological polar surface area (TPSA) is 43.7 Å². The third-order valence-electron chi connectivity index (χ3n) is 3.80. The Kier molecular flexibility index (Phi) is 3.01. The van der Waals surface area contributed by atoms with Crippen LogP contribution < -0.4 is 4.90 Å². The average Bonchev–Trinajstić information content (AvgIpc) is 2.45. The number of para-hydroxylation sites is 2. The minimum atomic E-state index is 0.0319. The monoisotopic (exact) mass is 255 g/mol. The van der Waals surface area contributed by atoms with E-state index in [2.05, 4.69) is 17.0 Å². The van der Waals surface area contributed by atoms with Crippen LogP contribution in [-0.2, 0) is 19.6 Å². The number of aliphatic hydroxyl groups excluding tert-OH is 2. The van der Waals surface area contributed by atoms with Gasteiger partial charge in [-0.1, -0.05) is 36.4 Å². The molecule has 0 bridgehead atoms. The molecule has 1 heterocycles. The van der Waals surface area contributed by atoms with Crippen molar-refractivity contribution < 1.29 is 10.2 Å². The molecule has 1 aliphatic rings. The predicted molar refractivity (Wildman–Crippen MR) is 75.6 cm³/mol. The van der Waals surface area contributed by atoms with Gasteiger partial charge in [0, 0.05) is 36.0 Å². The van der Waals surface area contributed by atoms with Gasteiger partial charge in [0.15, 0.2) is 0 Å². The van der Waals surface area contributed by atoms with Gasteiger partial charge in [-0.15, -0.1) is 0 Å². The zero-order valence-electron chi connectivity index (χ0n) is 10.9. The fourth-order valence-corrected chi connectivity index (χ4v) is 3.01. The zero-order valence-corrected chi connectivity index (χ0v) is 10.9. The van der Waals surface area contributed by atoms with E-state index < -0.39 is 0 Å². The summed E-state index contributed by atoms with van der Waals surface area (Å²) in [5.41, 5.74) is 6.43. The third kappa shape index (κ3) is 1.82. The van der Waals surface area contributed by atoms with Crippen molar-refractivity contribution >= 4 is 11.4 Å². The molecule has 0 amide bonds. The molecule has 0 aliphatic carbocycles. The van der Waals surface area contributed by atoms with Crippen molar-refractivity contribution in [2.45, 2.75) is 19.6 Å². The van der Waals surface area contributed by atoms with Crippen molar-refractivity contribution in [1.29, 1.82) is 0 Å². The molecule has 0 radical (unpaired) electrons. The van der Waals surface area contributed by atoms with Crippen molar-refractivity contribution in [2.75, 3.05) is 11.9 Å². The van der Waals surface area contributed by atoms with Gasteiger partial charge in [0.1, 0.15) is 0 Å². The quantitative estimate of drug-likeness (QED) is 0.865. The first-order valence-corrected chi connectivity index (χ1v) is 6.43. The van der Waals surface area contributed by atoms with Crippen molar-refractivity contribution in [3.05, 3.63) is 58.7 Å². The van der Waals surface area contributed by atoms with Crippen LogP contribution in [0.4, 0.5) is 11.4 Å². The van der Waals surface area contributed by atoms with E-state index in [0.29, 0.717) is 0 Å². The van der Waals surface area contributed by atoms with Gasteiger partial charge in [0.25, 0.3) is 0 Å². The Morgan fingerprint density at radius 3 is 1.79 bits per heavy atom. The number of aliphatic hydroxyl groups is 2. The largest absolute Gasteiger partial charge is 0.392 e. The maximum Gasteiger partial charge on any atom is 0.0702 e. The number of hydrogen-bond donors (Lipinski definition) is 2. The molecule has 3 nitrogen and oxygen atoms in total. The second-order valence-corrected chi connectivity index (χ2v) is 4.90. The van der Waals surface area contributed by atoms with Gasteiger partial charge in [0.05, 0.1) is 13.2 Å². The fourth-order valence-electron chi connectivity index (χ4n) is 3.01. The van der Waals surface area contributed by atoms with Crippen LogP contribution in [0.15, 0.2) is 36.4 Å². The molecule has 1 aliphatic heterocycles. The lowest BCUT2D eigenvalue weighted by atomic mass is 9.91. The van der Waals surface area contributed by atoms with Crippen LogP contribution in [0.1, 0.15) is 22.3 Å². The van der Waals surface area contributed by atoms with Crippen LogP contribution in [0, 0.1) is 0 Å². The van der Waals surface area contributed by atoms with E-state index in [0.717, 1.165) is 28.9 Å². The SMILES string of the molecule is CN1c2c(CO)cccc2Cc2cccc(CO)c21. The minimum absolute atomic E-state index is 0.0319. The molecule has 0 unspecified atom stereocenters. The first-order chi connectivity index (χ1) is 9.26. The van der Waals surface area contributed by atoms with Crippen molar-refractivity contribution in [1.82, 2.24) is 0 Å². The first-order valence-electron chi connectivity index (χ1n) is 6.43. The number of nitrogens with zero attached hydrogens (tertiary/aromatic N) is 1. The molecule has 0 aromatic heterocycles. The van der Waals surface area contributed by atoms with Crippen LogP contribution >= 0.6 is 0 Å². The number of benzene rings is 2. The Labute approximate surface area is 112 Å². The molecule has 2 aromatic carbocycles. The summed E-state index contributed by atoms with van der Waals surface area (Å²) in [5, 5.41) is 19.0. The Balaban J connectivity index is 2.21. The second kappa shape index (κ2) is 4.68. The third-order valence-corrected chi connectivity index (χ3v) is 3.80.